The summed E-state index contributed by atoms with van der Waals surface area (Å²) in [7, 11) is 0. The Balaban J connectivity index is 0.000000423. The highest BCUT2D eigenvalue weighted by molar-refractivity contribution is 5.93. The van der Waals surface area contributed by atoms with Crippen LogP contribution in [0.2, 0.25) is 0 Å². The molecule has 9 heteroatoms. The van der Waals surface area contributed by atoms with Crippen LogP contribution in [-0.4, -0.2) is 29.4 Å². The van der Waals surface area contributed by atoms with Gasteiger partial charge in [-0.25, -0.2) is 4.79 Å². The summed E-state index contributed by atoms with van der Waals surface area (Å²) in [6, 6.07) is 19.5. The zero-order valence-electron chi connectivity index (χ0n) is 16.0. The van der Waals surface area contributed by atoms with Crippen LogP contribution in [0.5, 0.6) is 0 Å². The van der Waals surface area contributed by atoms with Crippen molar-refractivity contribution in [3.05, 3.63) is 82.9 Å². The van der Waals surface area contributed by atoms with Gasteiger partial charge in [-0.1, -0.05) is 48.6 Å². The third kappa shape index (κ3) is 7.00. The van der Waals surface area contributed by atoms with E-state index in [1.165, 1.54) is 0 Å². The van der Waals surface area contributed by atoms with E-state index in [9.17, 15) is 18.0 Å². The molecule has 31 heavy (non-hydrogen) atoms. The summed E-state index contributed by atoms with van der Waals surface area (Å²) in [5.41, 5.74) is 8.83. The molecular formula is C22H18F3N3O3. The summed E-state index contributed by atoms with van der Waals surface area (Å²) < 4.78 is 31.7. The van der Waals surface area contributed by atoms with Crippen LogP contribution < -0.4 is 11.6 Å². The Labute approximate surface area is 175 Å². The van der Waals surface area contributed by atoms with Gasteiger partial charge in [0.25, 0.3) is 0 Å². The molecule has 3 aromatic carbocycles. The summed E-state index contributed by atoms with van der Waals surface area (Å²) in [6.45, 7) is 0. The van der Waals surface area contributed by atoms with Crippen molar-refractivity contribution >= 4 is 41.0 Å². The van der Waals surface area contributed by atoms with Gasteiger partial charge in [-0.3, -0.25) is 4.79 Å². The Hall–Kier alpha value is -4.14. The second-order valence-corrected chi connectivity index (χ2v) is 6.27. The Morgan fingerprint density at radius 2 is 1.29 bits per heavy atom. The smallest absolute Gasteiger partial charge is 0.475 e. The summed E-state index contributed by atoms with van der Waals surface area (Å²) in [4.78, 5) is 20.0. The van der Waals surface area contributed by atoms with E-state index >= 15 is 0 Å². The molecule has 0 bridgehead atoms. The minimum atomic E-state index is -5.08. The summed E-state index contributed by atoms with van der Waals surface area (Å²) >= 11 is 0. The maximum Gasteiger partial charge on any atom is 0.490 e. The van der Waals surface area contributed by atoms with Crippen molar-refractivity contribution in [1.29, 1.82) is 0 Å². The number of nitrogens with two attached hydrogens (primary N) is 2. The number of carboxylic acid groups (broad SMARTS) is 1. The van der Waals surface area contributed by atoms with Crippen LogP contribution >= 0.6 is 0 Å². The molecule has 0 aromatic heterocycles. The maximum atomic E-state index is 11.1. The van der Waals surface area contributed by atoms with Gasteiger partial charge in [0.15, 0.2) is 0 Å². The highest BCUT2D eigenvalue weighted by Crippen LogP contribution is 2.19. The van der Waals surface area contributed by atoms with E-state index in [1.807, 2.05) is 42.5 Å². The Morgan fingerprint density at radius 1 is 0.839 bits per heavy atom. The number of carboxylic acids is 1. The molecule has 160 valence electrons. The molecule has 0 fully saturated rings. The number of nitrogens with zero attached hydrogens (tertiary/aromatic N) is 1. The average Bonchev–Trinajstić information content (AvgIpc) is 2.72. The molecule has 3 aromatic rings. The van der Waals surface area contributed by atoms with Crippen LogP contribution in [0.3, 0.4) is 0 Å². The van der Waals surface area contributed by atoms with E-state index in [1.54, 1.807) is 18.3 Å². The SMILES string of the molecule is NN=Cc1ccc2cc(C=Cc3ccc(C(N)=O)cc3)ccc2c1.O=C(O)C(F)(F)F. The number of alkyl halides is 3. The van der Waals surface area contributed by atoms with Gasteiger partial charge in [0.1, 0.15) is 0 Å². The molecule has 0 spiro atoms. The van der Waals surface area contributed by atoms with Crippen molar-refractivity contribution in [1.82, 2.24) is 0 Å². The van der Waals surface area contributed by atoms with E-state index < -0.39 is 18.1 Å². The van der Waals surface area contributed by atoms with Gasteiger partial charge in [0.05, 0.1) is 6.21 Å². The van der Waals surface area contributed by atoms with E-state index in [2.05, 4.69) is 23.3 Å². The fraction of sp³-hybridized carbons (Fsp3) is 0.0455. The number of halogens is 3. The van der Waals surface area contributed by atoms with E-state index in [4.69, 9.17) is 21.5 Å². The van der Waals surface area contributed by atoms with Crippen LogP contribution in [0, 0.1) is 0 Å². The van der Waals surface area contributed by atoms with Crippen LogP contribution in [0.15, 0.2) is 65.8 Å². The molecule has 0 aliphatic carbocycles. The van der Waals surface area contributed by atoms with E-state index in [-0.39, 0.29) is 0 Å². The normalized spacial score (nSPS) is 11.5. The first-order chi connectivity index (χ1) is 14.6. The van der Waals surface area contributed by atoms with E-state index in [0.29, 0.717) is 5.56 Å². The topological polar surface area (TPSA) is 119 Å². The fourth-order valence-electron chi connectivity index (χ4n) is 2.50. The Bertz CT molecular complexity index is 1140. The van der Waals surface area contributed by atoms with Gasteiger partial charge in [0, 0.05) is 5.56 Å². The number of hydrazone groups is 1. The molecule has 0 saturated heterocycles. The predicted octanol–water partition coefficient (Wildman–Crippen LogP) is 4.04. The van der Waals surface area contributed by atoms with Gasteiger partial charge in [-0.15, -0.1) is 0 Å². The van der Waals surface area contributed by atoms with Gasteiger partial charge in [-0.2, -0.15) is 18.3 Å². The second kappa shape index (κ2) is 10.1. The number of primary amides is 1. The lowest BCUT2D eigenvalue weighted by molar-refractivity contribution is -0.192. The van der Waals surface area contributed by atoms with Crippen molar-refractivity contribution in [3.8, 4) is 0 Å². The molecule has 0 heterocycles. The molecule has 0 aliphatic heterocycles. The predicted molar refractivity (Wildman–Crippen MR) is 113 cm³/mol. The molecule has 6 nitrogen and oxygen atoms in total. The van der Waals surface area contributed by atoms with E-state index in [0.717, 1.165) is 27.5 Å². The van der Waals surface area contributed by atoms with Crippen molar-refractivity contribution in [2.24, 2.45) is 16.7 Å². The van der Waals surface area contributed by atoms with Crippen molar-refractivity contribution in [2.45, 2.75) is 6.18 Å². The van der Waals surface area contributed by atoms with Crippen LogP contribution in [-0.2, 0) is 4.79 Å². The number of amides is 1. The van der Waals surface area contributed by atoms with Gasteiger partial charge < -0.3 is 16.7 Å². The molecule has 0 aliphatic rings. The zero-order chi connectivity index (χ0) is 23.0. The molecule has 0 atom stereocenters. The molecular weight excluding hydrogens is 411 g/mol. The molecule has 5 N–H and O–H groups in total. The van der Waals surface area contributed by atoms with Crippen LogP contribution in [0.25, 0.3) is 22.9 Å². The number of benzene rings is 3. The number of fused-ring (bicyclic) bond motifs is 1. The molecule has 0 saturated carbocycles. The first kappa shape index (κ1) is 23.1. The lowest BCUT2D eigenvalue weighted by atomic mass is 10.0. The van der Waals surface area contributed by atoms with Crippen molar-refractivity contribution < 1.29 is 27.9 Å². The van der Waals surface area contributed by atoms with Gasteiger partial charge in [-0.05, 0) is 51.7 Å². The Morgan fingerprint density at radius 3 is 1.77 bits per heavy atom. The summed E-state index contributed by atoms with van der Waals surface area (Å²) in [5, 5.41) is 13.0. The first-order valence-corrected chi connectivity index (χ1v) is 8.75. The minimum absolute atomic E-state index is 0.417. The molecule has 0 radical (unpaired) electrons. The quantitative estimate of drug-likeness (QED) is 0.251. The Kier molecular flexibility index (Phi) is 7.51. The second-order valence-electron chi connectivity index (χ2n) is 6.27. The van der Waals surface area contributed by atoms with Crippen LogP contribution in [0.4, 0.5) is 13.2 Å². The third-order valence-electron chi connectivity index (χ3n) is 4.02. The highest BCUT2D eigenvalue weighted by Gasteiger charge is 2.38. The third-order valence-corrected chi connectivity index (χ3v) is 4.02. The van der Waals surface area contributed by atoms with Gasteiger partial charge in [0.2, 0.25) is 5.91 Å². The first-order valence-electron chi connectivity index (χ1n) is 8.75. The highest BCUT2D eigenvalue weighted by atomic mass is 19.4. The number of carbonyl (C=O) groups excluding carboxylic acids is 1. The number of hydrogen-bond acceptors (Lipinski definition) is 4. The standard InChI is InChI=1S/C20H17N3O.C2HF3O2/c21-20(24)17-7-3-14(4-8-17)1-2-15-5-9-19-12-16(13-23-22)6-10-18(19)11-15;3-2(4,5)1(6)7/h1-13H,22H2,(H2,21,24);(H,6,7). The molecule has 0 unspecified atom stereocenters. The lowest BCUT2D eigenvalue weighted by Gasteiger charge is -2.02. The monoisotopic (exact) mass is 429 g/mol. The number of carbonyl (C=O) groups is 2. The molecule has 1 amide bonds. The number of rotatable bonds is 4. The van der Waals surface area contributed by atoms with Crippen molar-refractivity contribution in [2.75, 3.05) is 0 Å². The largest absolute Gasteiger partial charge is 0.490 e. The average molecular weight is 429 g/mol. The lowest BCUT2D eigenvalue weighted by Crippen LogP contribution is -2.21. The fourth-order valence-corrected chi connectivity index (χ4v) is 2.50. The van der Waals surface area contributed by atoms with Crippen LogP contribution in [0.1, 0.15) is 27.0 Å². The van der Waals surface area contributed by atoms with Gasteiger partial charge >= 0.3 is 12.1 Å². The maximum absolute atomic E-state index is 11.1. The molecule has 3 rings (SSSR count). The summed E-state index contributed by atoms with van der Waals surface area (Å²) in [5.74, 6) is 2.01. The minimum Gasteiger partial charge on any atom is -0.475 e. The summed E-state index contributed by atoms with van der Waals surface area (Å²) in [6.07, 6.45) is 0.582. The zero-order valence-corrected chi connectivity index (χ0v) is 16.0. The number of hydrogen-bond donors (Lipinski definition) is 3. The van der Waals surface area contributed by atoms with Crippen molar-refractivity contribution in [3.63, 3.8) is 0 Å². The number of aliphatic carboxylic acids is 1.